The van der Waals surface area contributed by atoms with Crippen LogP contribution in [0, 0.1) is 0 Å². The molecular formula is C16H22BrN3S. The zero-order valence-corrected chi connectivity index (χ0v) is 15.4. The smallest absolute Gasteiger partial charge is 0.133 e. The van der Waals surface area contributed by atoms with Crippen LogP contribution in [0.4, 0.5) is 5.82 Å². The van der Waals surface area contributed by atoms with Crippen LogP contribution in [0.3, 0.4) is 0 Å². The van der Waals surface area contributed by atoms with E-state index in [4.69, 9.17) is 0 Å². The summed E-state index contributed by atoms with van der Waals surface area (Å²) in [4.78, 5) is 8.09. The lowest BCUT2D eigenvalue weighted by molar-refractivity contribution is 0.424. The fourth-order valence-electron chi connectivity index (χ4n) is 2.02. The fraction of sp³-hybridized carbons (Fsp3) is 0.438. The third-order valence-corrected chi connectivity index (χ3v) is 4.74. The van der Waals surface area contributed by atoms with Crippen molar-refractivity contribution in [1.82, 2.24) is 10.3 Å². The van der Waals surface area contributed by atoms with E-state index in [1.54, 1.807) is 11.3 Å². The number of anilines is 1. The van der Waals surface area contributed by atoms with Gasteiger partial charge in [0.1, 0.15) is 5.82 Å². The van der Waals surface area contributed by atoms with Crippen molar-refractivity contribution in [3.05, 3.63) is 44.7 Å². The molecule has 1 N–H and O–H groups in total. The van der Waals surface area contributed by atoms with Crippen molar-refractivity contribution >= 4 is 33.1 Å². The molecule has 0 amide bonds. The third-order valence-electron chi connectivity index (χ3n) is 3.05. The minimum Gasteiger partial charge on any atom is -0.354 e. The molecule has 0 saturated heterocycles. The Balaban J connectivity index is 2.11. The first-order valence-corrected chi connectivity index (χ1v) is 8.65. The number of halogens is 1. The maximum Gasteiger partial charge on any atom is 0.133 e. The van der Waals surface area contributed by atoms with Crippen LogP contribution < -0.4 is 10.2 Å². The number of nitrogens with zero attached hydrogens (tertiary/aromatic N) is 2. The van der Waals surface area contributed by atoms with Crippen molar-refractivity contribution in [3.8, 4) is 0 Å². The summed E-state index contributed by atoms with van der Waals surface area (Å²) in [7, 11) is 2.09. The molecule has 2 aromatic rings. The van der Waals surface area contributed by atoms with Gasteiger partial charge in [0.15, 0.2) is 0 Å². The van der Waals surface area contributed by atoms with E-state index in [1.807, 2.05) is 12.3 Å². The summed E-state index contributed by atoms with van der Waals surface area (Å²) in [6, 6.07) is 6.30. The highest BCUT2D eigenvalue weighted by molar-refractivity contribution is 9.10. The van der Waals surface area contributed by atoms with E-state index in [0.29, 0.717) is 0 Å². The minimum atomic E-state index is 0.101. The monoisotopic (exact) mass is 367 g/mol. The van der Waals surface area contributed by atoms with E-state index in [0.717, 1.165) is 23.4 Å². The Labute approximate surface area is 139 Å². The van der Waals surface area contributed by atoms with Crippen molar-refractivity contribution in [1.29, 1.82) is 0 Å². The standard InChI is InChI=1S/C16H22BrN3S/c1-16(2,3)19-9-12-6-5-7-18-15(12)20(4)10-14-8-13(17)11-21-14/h5-8,11,19H,9-10H2,1-4H3. The highest BCUT2D eigenvalue weighted by atomic mass is 79.9. The summed E-state index contributed by atoms with van der Waals surface area (Å²) < 4.78 is 1.14. The van der Waals surface area contributed by atoms with Crippen molar-refractivity contribution in [2.75, 3.05) is 11.9 Å². The van der Waals surface area contributed by atoms with Gasteiger partial charge in [-0.3, -0.25) is 0 Å². The highest BCUT2D eigenvalue weighted by Gasteiger charge is 2.13. The molecule has 0 aliphatic carbocycles. The normalized spacial score (nSPS) is 11.7. The van der Waals surface area contributed by atoms with Gasteiger partial charge in [0.05, 0.1) is 6.54 Å². The Morgan fingerprint density at radius 1 is 1.38 bits per heavy atom. The SMILES string of the molecule is CN(Cc1cc(Br)cs1)c1ncccc1CNC(C)(C)C. The molecule has 0 aliphatic rings. The summed E-state index contributed by atoms with van der Waals surface area (Å²) in [5, 5.41) is 5.64. The van der Waals surface area contributed by atoms with Gasteiger partial charge in [-0.1, -0.05) is 6.07 Å². The summed E-state index contributed by atoms with van der Waals surface area (Å²) >= 11 is 5.27. The van der Waals surface area contributed by atoms with Crippen LogP contribution in [0.5, 0.6) is 0 Å². The van der Waals surface area contributed by atoms with Crippen LogP contribution in [0.25, 0.3) is 0 Å². The Morgan fingerprint density at radius 2 is 2.14 bits per heavy atom. The lowest BCUT2D eigenvalue weighted by atomic mass is 10.1. The fourth-order valence-corrected chi connectivity index (χ4v) is 3.52. The Morgan fingerprint density at radius 3 is 2.76 bits per heavy atom. The summed E-state index contributed by atoms with van der Waals surface area (Å²) in [5.74, 6) is 1.04. The average Bonchev–Trinajstić information content (AvgIpc) is 2.81. The van der Waals surface area contributed by atoms with Crippen LogP contribution in [-0.2, 0) is 13.1 Å². The molecule has 0 radical (unpaired) electrons. The van der Waals surface area contributed by atoms with Gasteiger partial charge in [-0.05, 0) is 48.8 Å². The number of hydrogen-bond donors (Lipinski definition) is 1. The highest BCUT2D eigenvalue weighted by Crippen LogP contribution is 2.24. The molecular weight excluding hydrogens is 346 g/mol. The second kappa shape index (κ2) is 6.90. The molecule has 0 unspecified atom stereocenters. The first kappa shape index (κ1) is 16.5. The van der Waals surface area contributed by atoms with Crippen LogP contribution >= 0.6 is 27.3 Å². The van der Waals surface area contributed by atoms with E-state index in [-0.39, 0.29) is 5.54 Å². The molecule has 0 atom stereocenters. The van der Waals surface area contributed by atoms with Gasteiger partial charge in [0.2, 0.25) is 0 Å². The van der Waals surface area contributed by atoms with Gasteiger partial charge in [0, 0.05) is 45.6 Å². The molecule has 0 aliphatic heterocycles. The lowest BCUT2D eigenvalue weighted by Gasteiger charge is -2.24. The van der Waals surface area contributed by atoms with Gasteiger partial charge in [-0.2, -0.15) is 0 Å². The molecule has 0 fully saturated rings. The summed E-state index contributed by atoms with van der Waals surface area (Å²) in [6.45, 7) is 8.22. The number of thiophene rings is 1. The largest absolute Gasteiger partial charge is 0.354 e. The Hall–Kier alpha value is -0.910. The molecule has 3 nitrogen and oxygen atoms in total. The van der Waals surface area contributed by atoms with Crippen molar-refractivity contribution in [2.45, 2.75) is 39.4 Å². The number of pyridine rings is 1. The van der Waals surface area contributed by atoms with Crippen LogP contribution in [0.1, 0.15) is 31.2 Å². The molecule has 0 aromatic carbocycles. The minimum absolute atomic E-state index is 0.101. The van der Waals surface area contributed by atoms with Gasteiger partial charge in [-0.15, -0.1) is 11.3 Å². The summed E-state index contributed by atoms with van der Waals surface area (Å²) in [6.07, 6.45) is 1.86. The third kappa shape index (κ3) is 5.09. The molecule has 5 heteroatoms. The van der Waals surface area contributed by atoms with Crippen LogP contribution in [-0.4, -0.2) is 17.6 Å². The van der Waals surface area contributed by atoms with E-state index in [1.165, 1.54) is 10.4 Å². The van der Waals surface area contributed by atoms with Crippen molar-refractivity contribution in [3.63, 3.8) is 0 Å². The van der Waals surface area contributed by atoms with Crippen molar-refractivity contribution < 1.29 is 0 Å². The molecule has 21 heavy (non-hydrogen) atoms. The molecule has 114 valence electrons. The molecule has 2 rings (SSSR count). The van der Waals surface area contributed by atoms with Gasteiger partial charge in [-0.25, -0.2) is 4.98 Å². The number of nitrogens with one attached hydrogen (secondary N) is 1. The molecule has 2 aromatic heterocycles. The first-order valence-electron chi connectivity index (χ1n) is 6.98. The lowest BCUT2D eigenvalue weighted by Crippen LogP contribution is -2.35. The maximum absolute atomic E-state index is 4.56. The van der Waals surface area contributed by atoms with E-state index < -0.39 is 0 Å². The topological polar surface area (TPSA) is 28.2 Å². The maximum atomic E-state index is 4.56. The van der Waals surface area contributed by atoms with E-state index in [2.05, 4.69) is 76.5 Å². The molecule has 0 spiro atoms. The predicted octanol–water partition coefficient (Wildman–Crippen LogP) is 4.43. The first-order chi connectivity index (χ1) is 9.85. The predicted molar refractivity (Wildman–Crippen MR) is 95.0 cm³/mol. The van der Waals surface area contributed by atoms with Gasteiger partial charge < -0.3 is 10.2 Å². The van der Waals surface area contributed by atoms with Crippen LogP contribution in [0.2, 0.25) is 0 Å². The molecule has 2 heterocycles. The Bertz CT molecular complexity index is 589. The Kier molecular flexibility index (Phi) is 5.41. The number of hydrogen-bond acceptors (Lipinski definition) is 4. The van der Waals surface area contributed by atoms with E-state index in [9.17, 15) is 0 Å². The quantitative estimate of drug-likeness (QED) is 0.846. The zero-order chi connectivity index (χ0) is 15.5. The summed E-state index contributed by atoms with van der Waals surface area (Å²) in [5.41, 5.74) is 1.33. The number of aromatic nitrogens is 1. The second-order valence-corrected chi connectivity index (χ2v) is 8.09. The van der Waals surface area contributed by atoms with Gasteiger partial charge >= 0.3 is 0 Å². The van der Waals surface area contributed by atoms with Crippen molar-refractivity contribution in [2.24, 2.45) is 0 Å². The number of rotatable bonds is 5. The molecule has 0 saturated carbocycles. The molecule has 0 bridgehead atoms. The van der Waals surface area contributed by atoms with Gasteiger partial charge in [0.25, 0.3) is 0 Å². The second-order valence-electron chi connectivity index (χ2n) is 6.18. The van der Waals surface area contributed by atoms with E-state index >= 15 is 0 Å². The average molecular weight is 368 g/mol. The van der Waals surface area contributed by atoms with Crippen LogP contribution in [0.15, 0.2) is 34.2 Å². The zero-order valence-electron chi connectivity index (χ0n) is 13.0.